The predicted octanol–water partition coefficient (Wildman–Crippen LogP) is 3.94. The largest absolute Gasteiger partial charge is 0.378 e. The molecule has 26 heavy (non-hydrogen) atoms. The van der Waals surface area contributed by atoms with Gasteiger partial charge in [-0.25, -0.2) is 9.50 Å². The third-order valence-corrected chi connectivity index (χ3v) is 5.15. The first-order valence-electron chi connectivity index (χ1n) is 9.51. The van der Waals surface area contributed by atoms with Crippen LogP contribution in [0.3, 0.4) is 0 Å². The number of nitrogens with zero attached hydrogens (tertiary/aromatic N) is 3. The van der Waals surface area contributed by atoms with Crippen LogP contribution in [0.15, 0.2) is 12.3 Å². The van der Waals surface area contributed by atoms with E-state index in [9.17, 15) is 4.79 Å². The van der Waals surface area contributed by atoms with Crippen LogP contribution in [0.4, 0.5) is 0 Å². The summed E-state index contributed by atoms with van der Waals surface area (Å²) in [6.45, 7) is 4.95. The van der Waals surface area contributed by atoms with Crippen LogP contribution >= 0.6 is 11.6 Å². The number of nitrogens with one attached hydrogen (secondary N) is 1. The lowest BCUT2D eigenvalue weighted by Crippen LogP contribution is -2.39. The Balaban J connectivity index is 1.53. The Morgan fingerprint density at radius 3 is 2.85 bits per heavy atom. The molecule has 2 aromatic rings. The number of rotatable bonds is 7. The van der Waals surface area contributed by atoms with Crippen LogP contribution in [-0.4, -0.2) is 39.3 Å². The molecule has 2 heterocycles. The standard InChI is InChI=1S/C19H27ClN4O2/c1-3-4-5-10-26-15-8-6-14(7-9-15)22-19(25)16-12-21-18-13(2)11-17(20)23-24(16)18/h11-12,14-15H,3-10H2,1-2H3,(H,22,25)/t14-,15-. The number of halogens is 1. The summed E-state index contributed by atoms with van der Waals surface area (Å²) in [5, 5.41) is 7.67. The minimum absolute atomic E-state index is 0.154. The van der Waals surface area contributed by atoms with Crippen LogP contribution < -0.4 is 5.32 Å². The fraction of sp³-hybridized carbons (Fsp3) is 0.632. The Morgan fingerprint density at radius 1 is 1.35 bits per heavy atom. The molecule has 0 aliphatic heterocycles. The van der Waals surface area contributed by atoms with Gasteiger partial charge in [-0.3, -0.25) is 4.79 Å². The first-order valence-corrected chi connectivity index (χ1v) is 9.89. The molecule has 1 amide bonds. The number of imidazole rings is 1. The highest BCUT2D eigenvalue weighted by molar-refractivity contribution is 6.29. The molecule has 0 spiro atoms. The van der Waals surface area contributed by atoms with Crippen LogP contribution in [-0.2, 0) is 4.74 Å². The van der Waals surface area contributed by atoms with Crippen molar-refractivity contribution in [3.8, 4) is 0 Å². The van der Waals surface area contributed by atoms with E-state index in [0.717, 1.165) is 44.3 Å². The molecule has 0 radical (unpaired) electrons. The number of unbranched alkanes of at least 4 members (excludes halogenated alkanes) is 2. The molecular formula is C19H27ClN4O2. The van der Waals surface area contributed by atoms with Crippen molar-refractivity contribution in [2.75, 3.05) is 6.61 Å². The second-order valence-electron chi connectivity index (χ2n) is 7.05. The maximum absolute atomic E-state index is 12.6. The Labute approximate surface area is 159 Å². The summed E-state index contributed by atoms with van der Waals surface area (Å²) in [7, 11) is 0. The summed E-state index contributed by atoms with van der Waals surface area (Å²) in [4.78, 5) is 16.9. The molecule has 1 saturated carbocycles. The minimum atomic E-state index is -0.154. The van der Waals surface area contributed by atoms with E-state index in [4.69, 9.17) is 16.3 Å². The summed E-state index contributed by atoms with van der Waals surface area (Å²) >= 11 is 6.02. The zero-order valence-corrected chi connectivity index (χ0v) is 16.3. The van der Waals surface area contributed by atoms with E-state index in [-0.39, 0.29) is 11.9 Å². The zero-order valence-electron chi connectivity index (χ0n) is 15.5. The molecular weight excluding hydrogens is 352 g/mol. The predicted molar refractivity (Wildman–Crippen MR) is 102 cm³/mol. The number of aryl methyl sites for hydroxylation is 1. The van der Waals surface area contributed by atoms with Gasteiger partial charge in [0, 0.05) is 12.6 Å². The molecule has 1 aliphatic rings. The number of ether oxygens (including phenoxy) is 1. The zero-order chi connectivity index (χ0) is 18.5. The lowest BCUT2D eigenvalue weighted by Gasteiger charge is -2.29. The fourth-order valence-electron chi connectivity index (χ4n) is 3.47. The van der Waals surface area contributed by atoms with Crippen molar-refractivity contribution in [3.05, 3.63) is 28.7 Å². The van der Waals surface area contributed by atoms with Gasteiger partial charge in [-0.2, -0.15) is 5.10 Å². The SMILES string of the molecule is CCCCCO[C@H]1CC[C@H](NC(=O)c2cnc3c(C)cc(Cl)nn23)CC1. The molecule has 2 aromatic heterocycles. The van der Waals surface area contributed by atoms with Gasteiger partial charge in [-0.15, -0.1) is 0 Å². The maximum Gasteiger partial charge on any atom is 0.271 e. The molecule has 1 aliphatic carbocycles. The van der Waals surface area contributed by atoms with Crippen molar-refractivity contribution < 1.29 is 9.53 Å². The number of aromatic nitrogens is 3. The molecule has 7 heteroatoms. The van der Waals surface area contributed by atoms with E-state index in [1.165, 1.54) is 17.4 Å². The maximum atomic E-state index is 12.6. The average Bonchev–Trinajstić information content (AvgIpc) is 3.04. The van der Waals surface area contributed by atoms with Crippen LogP contribution in [0.1, 0.15) is 67.9 Å². The van der Waals surface area contributed by atoms with Crippen molar-refractivity contribution in [2.45, 2.75) is 70.9 Å². The number of fused-ring (bicyclic) bond motifs is 1. The molecule has 0 aromatic carbocycles. The van der Waals surface area contributed by atoms with E-state index >= 15 is 0 Å². The van der Waals surface area contributed by atoms with Gasteiger partial charge in [0.05, 0.1) is 12.3 Å². The van der Waals surface area contributed by atoms with Crippen LogP contribution in [0.2, 0.25) is 5.15 Å². The summed E-state index contributed by atoms with van der Waals surface area (Å²) in [6.07, 6.45) is 9.33. The average molecular weight is 379 g/mol. The first-order chi connectivity index (χ1) is 12.6. The van der Waals surface area contributed by atoms with Crippen molar-refractivity contribution in [1.82, 2.24) is 19.9 Å². The van der Waals surface area contributed by atoms with E-state index in [1.807, 2.05) is 6.92 Å². The third-order valence-electron chi connectivity index (χ3n) is 4.97. The summed E-state index contributed by atoms with van der Waals surface area (Å²) in [6, 6.07) is 1.91. The van der Waals surface area contributed by atoms with E-state index < -0.39 is 0 Å². The molecule has 0 saturated heterocycles. The van der Waals surface area contributed by atoms with Gasteiger partial charge >= 0.3 is 0 Å². The molecule has 3 rings (SSSR count). The van der Waals surface area contributed by atoms with Gasteiger partial charge in [0.2, 0.25) is 0 Å². The van der Waals surface area contributed by atoms with Gasteiger partial charge in [0.15, 0.2) is 11.3 Å². The van der Waals surface area contributed by atoms with Crippen LogP contribution in [0.25, 0.3) is 5.65 Å². The van der Waals surface area contributed by atoms with E-state index in [0.29, 0.717) is 22.6 Å². The van der Waals surface area contributed by atoms with Crippen LogP contribution in [0, 0.1) is 6.92 Å². The Kier molecular flexibility index (Phi) is 6.48. The summed E-state index contributed by atoms with van der Waals surface area (Å²) in [5.74, 6) is -0.154. The van der Waals surface area contributed by atoms with Gasteiger partial charge in [0.1, 0.15) is 5.15 Å². The van der Waals surface area contributed by atoms with Crippen molar-refractivity contribution >= 4 is 23.2 Å². The van der Waals surface area contributed by atoms with Crippen molar-refractivity contribution in [3.63, 3.8) is 0 Å². The number of amides is 1. The molecule has 1 fully saturated rings. The molecule has 0 atom stereocenters. The second kappa shape index (κ2) is 8.82. The quantitative estimate of drug-likeness (QED) is 0.741. The summed E-state index contributed by atoms with van der Waals surface area (Å²) < 4.78 is 7.47. The van der Waals surface area contributed by atoms with Gasteiger partial charge < -0.3 is 10.1 Å². The topological polar surface area (TPSA) is 68.5 Å². The first kappa shape index (κ1) is 19.1. The van der Waals surface area contributed by atoms with Crippen molar-refractivity contribution in [2.24, 2.45) is 0 Å². The van der Waals surface area contributed by atoms with Crippen molar-refractivity contribution in [1.29, 1.82) is 0 Å². The van der Waals surface area contributed by atoms with Gasteiger partial charge in [0.25, 0.3) is 5.91 Å². The monoisotopic (exact) mass is 378 g/mol. The van der Waals surface area contributed by atoms with Gasteiger partial charge in [-0.1, -0.05) is 31.4 Å². The molecule has 142 valence electrons. The highest BCUT2D eigenvalue weighted by Crippen LogP contribution is 2.22. The number of hydrogen-bond acceptors (Lipinski definition) is 4. The lowest BCUT2D eigenvalue weighted by atomic mass is 9.93. The van der Waals surface area contributed by atoms with Gasteiger partial charge in [-0.05, 0) is 50.7 Å². The number of hydrogen-bond donors (Lipinski definition) is 1. The Morgan fingerprint density at radius 2 is 2.12 bits per heavy atom. The molecule has 6 nitrogen and oxygen atoms in total. The van der Waals surface area contributed by atoms with Crippen LogP contribution in [0.5, 0.6) is 0 Å². The van der Waals surface area contributed by atoms with E-state index in [1.54, 1.807) is 12.3 Å². The lowest BCUT2D eigenvalue weighted by molar-refractivity contribution is 0.0204. The number of carbonyl (C=O) groups excluding carboxylic acids is 1. The third kappa shape index (κ3) is 4.54. The number of carbonyl (C=O) groups is 1. The highest BCUT2D eigenvalue weighted by atomic mass is 35.5. The smallest absolute Gasteiger partial charge is 0.271 e. The second-order valence-corrected chi connectivity index (χ2v) is 7.44. The Bertz CT molecular complexity index is 753. The van der Waals surface area contributed by atoms with E-state index in [2.05, 4.69) is 22.3 Å². The molecule has 0 unspecified atom stereocenters. The molecule has 1 N–H and O–H groups in total. The highest BCUT2D eigenvalue weighted by Gasteiger charge is 2.24. The molecule has 0 bridgehead atoms. The fourth-order valence-corrected chi connectivity index (χ4v) is 3.71. The summed E-state index contributed by atoms with van der Waals surface area (Å²) in [5.41, 5.74) is 1.97. The minimum Gasteiger partial charge on any atom is -0.378 e. The normalized spacial score (nSPS) is 20.4. The Hall–Kier alpha value is -1.66.